The third-order valence-corrected chi connectivity index (χ3v) is 13.4. The van der Waals surface area contributed by atoms with Crippen molar-refractivity contribution in [3.05, 3.63) is 47.0 Å². The minimum absolute atomic E-state index is 0.0773. The van der Waals surface area contributed by atoms with Crippen LogP contribution in [0.4, 0.5) is 0 Å². The number of carbonyl (C=O) groups excluding carboxylic acids is 2. The highest BCUT2D eigenvalue weighted by atomic mass is 31.2. The molecule has 1 aliphatic rings. The van der Waals surface area contributed by atoms with Crippen molar-refractivity contribution in [2.45, 2.75) is 219 Å². The smallest absolute Gasteiger partial charge is 0.306 e. The maximum absolute atomic E-state index is 12.8. The summed E-state index contributed by atoms with van der Waals surface area (Å²) in [4.78, 5) is 38.0. The number of aliphatic hydroxyl groups excluding tert-OH is 3. The Kier molecular flexibility index (Phi) is 31.6. The zero-order valence-corrected chi connectivity index (χ0v) is 43.5. The standard InChI is InChI=1S/C52H92NO13P/c1-8-10-22-28-43(54)34-35-49-45(46(55)38-52(58)66-49)29-24-20-21-26-32-50(56)61-39-44(40-63-67(59,60)62-37-36-53(5,6)7)64-51(57)33-27-19-17-15-13-12-14-16-18-25-31-48-42(4)41(3)47(65-48)30-23-11-9-2/h20,24,34-35,43-46,49,52,54-55,58H,8-19,21-23,25-33,36-40H2,1-7H3/b24-20-,35-34+/t43-,44+,45-,46-,49+,52?/m0/s1. The summed E-state index contributed by atoms with van der Waals surface area (Å²) in [6.07, 6.45) is 25.0. The molecule has 388 valence electrons. The maximum Gasteiger partial charge on any atom is 0.306 e. The van der Waals surface area contributed by atoms with Crippen LogP contribution in [0.5, 0.6) is 0 Å². The molecule has 0 saturated carbocycles. The van der Waals surface area contributed by atoms with Crippen LogP contribution < -0.4 is 4.89 Å². The highest BCUT2D eigenvalue weighted by Crippen LogP contribution is 2.38. The van der Waals surface area contributed by atoms with Gasteiger partial charge in [-0.3, -0.25) is 14.2 Å². The van der Waals surface area contributed by atoms with Crippen molar-refractivity contribution < 1.29 is 66.5 Å². The van der Waals surface area contributed by atoms with Crippen LogP contribution in [0.15, 0.2) is 28.7 Å². The molecule has 2 heterocycles. The van der Waals surface area contributed by atoms with Crippen molar-refractivity contribution in [2.75, 3.05) is 47.5 Å². The van der Waals surface area contributed by atoms with Gasteiger partial charge < -0.3 is 52.4 Å². The summed E-state index contributed by atoms with van der Waals surface area (Å²) in [5.41, 5.74) is 2.66. The van der Waals surface area contributed by atoms with E-state index in [1.54, 1.807) is 12.2 Å². The molecule has 0 aliphatic carbocycles. The van der Waals surface area contributed by atoms with Crippen LogP contribution >= 0.6 is 7.82 Å². The molecule has 2 rings (SSSR count). The van der Waals surface area contributed by atoms with E-state index < -0.39 is 57.1 Å². The van der Waals surface area contributed by atoms with Crippen LogP contribution in [-0.2, 0) is 50.3 Å². The fraction of sp³-hybridized carbons (Fsp3) is 0.808. The highest BCUT2D eigenvalue weighted by Gasteiger charge is 2.35. The van der Waals surface area contributed by atoms with Crippen LogP contribution in [-0.4, -0.2) is 110 Å². The topological polar surface area (TPSA) is 194 Å². The number of allylic oxidation sites excluding steroid dienone is 2. The second-order valence-corrected chi connectivity index (χ2v) is 21.1. The number of esters is 2. The molecule has 67 heavy (non-hydrogen) atoms. The minimum Gasteiger partial charge on any atom is -0.756 e. The van der Waals surface area contributed by atoms with Gasteiger partial charge in [0.25, 0.3) is 7.82 Å². The number of furan rings is 1. The van der Waals surface area contributed by atoms with Crippen molar-refractivity contribution in [2.24, 2.45) is 5.92 Å². The molecule has 0 amide bonds. The predicted octanol–water partition coefficient (Wildman–Crippen LogP) is 9.82. The minimum atomic E-state index is -4.71. The second kappa shape index (κ2) is 34.8. The van der Waals surface area contributed by atoms with Gasteiger partial charge in [-0.25, -0.2) is 0 Å². The number of nitrogens with zero attached hydrogens (tertiary/aromatic N) is 1. The lowest BCUT2D eigenvalue weighted by Gasteiger charge is -2.36. The van der Waals surface area contributed by atoms with Crippen LogP contribution in [0.3, 0.4) is 0 Å². The summed E-state index contributed by atoms with van der Waals surface area (Å²) in [5.74, 6) is 0.986. The zero-order valence-electron chi connectivity index (χ0n) is 42.6. The third kappa shape index (κ3) is 28.8. The zero-order chi connectivity index (χ0) is 49.5. The van der Waals surface area contributed by atoms with E-state index >= 15 is 0 Å². The lowest BCUT2D eigenvalue weighted by Crippen LogP contribution is -2.43. The molecule has 1 aromatic heterocycles. The van der Waals surface area contributed by atoms with Gasteiger partial charge >= 0.3 is 11.9 Å². The van der Waals surface area contributed by atoms with Gasteiger partial charge in [0, 0.05) is 38.0 Å². The Labute approximate surface area is 404 Å². The number of likely N-dealkylation sites (N-methyl/N-ethyl adjacent to an activating group) is 1. The van der Waals surface area contributed by atoms with Crippen LogP contribution in [0.2, 0.25) is 0 Å². The summed E-state index contributed by atoms with van der Waals surface area (Å²) < 4.78 is 45.9. The Morgan fingerprint density at radius 1 is 0.791 bits per heavy atom. The van der Waals surface area contributed by atoms with Crippen molar-refractivity contribution >= 4 is 19.8 Å². The normalized spacial score (nSPS) is 19.8. The first kappa shape index (κ1) is 60.7. The van der Waals surface area contributed by atoms with Crippen molar-refractivity contribution in [3.63, 3.8) is 0 Å². The Morgan fingerprint density at radius 3 is 2.00 bits per heavy atom. The molecule has 1 saturated heterocycles. The number of aliphatic hydroxyl groups is 3. The van der Waals surface area contributed by atoms with Crippen LogP contribution in [0, 0.1) is 19.8 Å². The Hall–Kier alpha value is -2.39. The van der Waals surface area contributed by atoms with E-state index in [9.17, 15) is 34.4 Å². The van der Waals surface area contributed by atoms with Gasteiger partial charge in [0.1, 0.15) is 31.3 Å². The summed E-state index contributed by atoms with van der Waals surface area (Å²) in [6, 6.07) is 0. The van der Waals surface area contributed by atoms with Gasteiger partial charge in [0.15, 0.2) is 12.4 Å². The number of hydrogen-bond donors (Lipinski definition) is 3. The number of rotatable bonds is 39. The molecule has 1 fully saturated rings. The van der Waals surface area contributed by atoms with Gasteiger partial charge in [-0.1, -0.05) is 122 Å². The van der Waals surface area contributed by atoms with Crippen molar-refractivity contribution in [3.8, 4) is 0 Å². The Balaban J connectivity index is 1.72. The molecule has 0 radical (unpaired) electrons. The summed E-state index contributed by atoms with van der Waals surface area (Å²) in [5, 5.41) is 31.1. The van der Waals surface area contributed by atoms with E-state index in [1.807, 2.05) is 33.3 Å². The molecular weight excluding hydrogens is 878 g/mol. The fourth-order valence-corrected chi connectivity index (χ4v) is 8.78. The largest absolute Gasteiger partial charge is 0.756 e. The number of unbranched alkanes of at least 4 members (excludes halogenated alkanes) is 14. The number of hydrogen-bond acceptors (Lipinski definition) is 13. The number of carbonyl (C=O) groups is 2. The summed E-state index contributed by atoms with van der Waals surface area (Å²) in [7, 11) is 1.00. The van der Waals surface area contributed by atoms with E-state index in [1.165, 1.54) is 67.6 Å². The molecule has 0 aromatic carbocycles. The van der Waals surface area contributed by atoms with Gasteiger partial charge in [-0.05, 0) is 69.9 Å². The third-order valence-electron chi connectivity index (χ3n) is 12.5. The summed E-state index contributed by atoms with van der Waals surface area (Å²) in [6.45, 7) is 8.14. The van der Waals surface area contributed by atoms with E-state index in [0.717, 1.165) is 64.2 Å². The molecule has 3 N–H and O–H groups in total. The molecule has 14 nitrogen and oxygen atoms in total. The molecule has 0 spiro atoms. The van der Waals surface area contributed by atoms with Crippen molar-refractivity contribution in [1.29, 1.82) is 0 Å². The van der Waals surface area contributed by atoms with E-state index in [4.69, 9.17) is 27.7 Å². The molecule has 0 bridgehead atoms. The van der Waals surface area contributed by atoms with E-state index in [-0.39, 0.29) is 38.4 Å². The average molecular weight is 970 g/mol. The SMILES string of the molecule is CCCCCc1oc(CCCCCCCCCCCCC(=O)O[C@H](COC(=O)CCC/C=C\C[C@H]2[C@@H](O)CC(O)O[C@@H]2/C=C/[C@@H](O)CCCCC)COP(=O)([O-])OCC[N+](C)(C)C)c(C)c1C. The van der Waals surface area contributed by atoms with E-state index in [0.29, 0.717) is 43.1 Å². The lowest BCUT2D eigenvalue weighted by molar-refractivity contribution is -0.870. The van der Waals surface area contributed by atoms with Crippen LogP contribution in [0.1, 0.15) is 184 Å². The van der Waals surface area contributed by atoms with E-state index in [2.05, 4.69) is 27.7 Å². The number of phosphoric acid groups is 1. The first-order valence-electron chi connectivity index (χ1n) is 25.8. The Morgan fingerprint density at radius 2 is 1.37 bits per heavy atom. The predicted molar refractivity (Wildman–Crippen MR) is 261 cm³/mol. The lowest BCUT2D eigenvalue weighted by atomic mass is 9.87. The van der Waals surface area contributed by atoms with Gasteiger partial charge in [-0.2, -0.15) is 0 Å². The first-order chi connectivity index (χ1) is 31.9. The quantitative estimate of drug-likeness (QED) is 0.0186. The first-order valence-corrected chi connectivity index (χ1v) is 27.3. The molecular formula is C52H92NO13P. The molecule has 1 aromatic rings. The van der Waals surface area contributed by atoms with Gasteiger partial charge in [-0.15, -0.1) is 0 Å². The highest BCUT2D eigenvalue weighted by molar-refractivity contribution is 7.45. The number of ether oxygens (including phenoxy) is 3. The number of aryl methyl sites for hydroxylation is 2. The van der Waals surface area contributed by atoms with Crippen LogP contribution in [0.25, 0.3) is 0 Å². The second-order valence-electron chi connectivity index (χ2n) is 19.6. The number of phosphoric ester groups is 1. The number of quaternary nitrogens is 1. The van der Waals surface area contributed by atoms with Crippen molar-refractivity contribution in [1.82, 2.24) is 0 Å². The van der Waals surface area contributed by atoms with Gasteiger partial charge in [0.05, 0.1) is 46.1 Å². The molecule has 2 unspecified atom stereocenters. The summed E-state index contributed by atoms with van der Waals surface area (Å²) >= 11 is 0. The average Bonchev–Trinajstić information content (AvgIpc) is 3.53. The fourth-order valence-electron chi connectivity index (χ4n) is 8.05. The molecule has 7 atom stereocenters. The Bertz CT molecular complexity index is 1590. The maximum atomic E-state index is 12.8. The monoisotopic (exact) mass is 970 g/mol. The molecule has 15 heteroatoms. The molecule has 1 aliphatic heterocycles. The van der Waals surface area contributed by atoms with Gasteiger partial charge in [0.2, 0.25) is 0 Å².